The van der Waals surface area contributed by atoms with E-state index in [0.717, 1.165) is 24.7 Å². The molecule has 2 aliphatic rings. The van der Waals surface area contributed by atoms with Crippen molar-refractivity contribution in [3.8, 4) is 0 Å². The first kappa shape index (κ1) is 13.9. The minimum Gasteiger partial charge on any atom is -0.476 e. The number of anilines is 1. The zero-order valence-corrected chi connectivity index (χ0v) is 12.4. The van der Waals surface area contributed by atoms with E-state index >= 15 is 0 Å². The molecule has 1 aromatic carbocycles. The van der Waals surface area contributed by atoms with E-state index in [1.165, 1.54) is 18.2 Å². The first-order valence-corrected chi connectivity index (χ1v) is 7.57. The molecule has 23 heavy (non-hydrogen) atoms. The number of carboxylic acids is 1. The Hall–Kier alpha value is -2.76. The summed E-state index contributed by atoms with van der Waals surface area (Å²) >= 11 is 0. The molecule has 0 saturated heterocycles. The van der Waals surface area contributed by atoms with Crippen LogP contribution in [0.15, 0.2) is 36.7 Å². The van der Waals surface area contributed by atoms with Gasteiger partial charge in [-0.2, -0.15) is 0 Å². The summed E-state index contributed by atoms with van der Waals surface area (Å²) in [6.45, 7) is 0.660. The Labute approximate surface area is 132 Å². The lowest BCUT2D eigenvalue weighted by Gasteiger charge is -2.38. The first-order chi connectivity index (χ1) is 11.1. The van der Waals surface area contributed by atoms with Gasteiger partial charge in [-0.1, -0.05) is 24.6 Å². The number of hydrogen-bond donors (Lipinski definition) is 1. The van der Waals surface area contributed by atoms with Gasteiger partial charge in [-0.05, 0) is 24.5 Å². The molecule has 1 aliphatic heterocycles. The molecule has 0 bridgehead atoms. The summed E-state index contributed by atoms with van der Waals surface area (Å²) in [5.41, 5.74) is 2.25. The number of benzene rings is 1. The van der Waals surface area contributed by atoms with E-state index in [-0.39, 0.29) is 22.7 Å². The molecule has 1 aromatic heterocycles. The van der Waals surface area contributed by atoms with Crippen molar-refractivity contribution in [2.24, 2.45) is 0 Å². The fraction of sp³-hybridized carbons (Fsp3) is 0.294. The van der Waals surface area contributed by atoms with Crippen LogP contribution in [0.4, 0.5) is 5.69 Å². The van der Waals surface area contributed by atoms with E-state index in [1.54, 1.807) is 4.90 Å². The normalized spacial score (nSPS) is 17.7. The summed E-state index contributed by atoms with van der Waals surface area (Å²) in [5.74, 6) is -1.39. The fourth-order valence-electron chi connectivity index (χ4n) is 3.53. The lowest BCUT2D eigenvalue weighted by atomic mass is 9.66. The third-order valence-electron chi connectivity index (χ3n) is 4.87. The van der Waals surface area contributed by atoms with Gasteiger partial charge in [-0.25, -0.2) is 14.8 Å². The molecule has 4 rings (SSSR count). The molecule has 6 nitrogen and oxygen atoms in total. The maximum atomic E-state index is 12.8. The minimum atomic E-state index is -1.16. The highest BCUT2D eigenvalue weighted by molar-refractivity contribution is 6.06. The zero-order chi connectivity index (χ0) is 16.0. The molecule has 2 aromatic rings. The van der Waals surface area contributed by atoms with Gasteiger partial charge < -0.3 is 10.0 Å². The predicted octanol–water partition coefficient (Wildman–Crippen LogP) is 2.26. The summed E-state index contributed by atoms with van der Waals surface area (Å²) in [5, 5.41) is 8.87. The number of carboxylic acid groups (broad SMARTS) is 1. The van der Waals surface area contributed by atoms with Crippen molar-refractivity contribution < 1.29 is 14.7 Å². The second-order valence-corrected chi connectivity index (χ2v) is 6.13. The van der Waals surface area contributed by atoms with Crippen LogP contribution in [0.1, 0.15) is 45.8 Å². The van der Waals surface area contributed by atoms with Crippen LogP contribution in [0.3, 0.4) is 0 Å². The minimum absolute atomic E-state index is 0.0840. The van der Waals surface area contributed by atoms with Crippen molar-refractivity contribution in [2.75, 3.05) is 11.4 Å². The first-order valence-electron chi connectivity index (χ1n) is 7.57. The molecule has 1 amide bonds. The molecule has 1 aliphatic carbocycles. The molecular weight excluding hydrogens is 294 g/mol. The van der Waals surface area contributed by atoms with Gasteiger partial charge in [0.15, 0.2) is 5.69 Å². The highest BCUT2D eigenvalue weighted by Crippen LogP contribution is 2.52. The maximum absolute atomic E-state index is 12.8. The number of carbonyl (C=O) groups excluding carboxylic acids is 1. The second-order valence-electron chi connectivity index (χ2n) is 6.13. The highest BCUT2D eigenvalue weighted by Gasteiger charge is 2.48. The fourth-order valence-corrected chi connectivity index (χ4v) is 3.53. The molecule has 1 spiro atoms. The number of rotatable bonds is 2. The van der Waals surface area contributed by atoms with Gasteiger partial charge in [-0.15, -0.1) is 0 Å². The summed E-state index contributed by atoms with van der Waals surface area (Å²) in [6.07, 6.45) is 5.73. The van der Waals surface area contributed by atoms with Gasteiger partial charge in [0.05, 0.1) is 12.4 Å². The molecule has 0 atom stereocenters. The van der Waals surface area contributed by atoms with E-state index in [2.05, 4.69) is 16.0 Å². The molecule has 1 fully saturated rings. The van der Waals surface area contributed by atoms with Crippen LogP contribution in [0.2, 0.25) is 0 Å². The largest absolute Gasteiger partial charge is 0.476 e. The van der Waals surface area contributed by atoms with Crippen LogP contribution in [0.5, 0.6) is 0 Å². The third-order valence-corrected chi connectivity index (χ3v) is 4.87. The lowest BCUT2D eigenvalue weighted by Crippen LogP contribution is -2.41. The molecule has 1 saturated carbocycles. The topological polar surface area (TPSA) is 83.4 Å². The number of amides is 1. The summed E-state index contributed by atoms with van der Waals surface area (Å²) in [4.78, 5) is 33.1. The SMILES string of the molecule is O=C(O)c1cnc(C(=O)N2CC3(CCC3)c3ccccc32)cn1. The Morgan fingerprint density at radius 1 is 1.09 bits per heavy atom. The van der Waals surface area contributed by atoms with Crippen LogP contribution >= 0.6 is 0 Å². The number of aromatic nitrogens is 2. The Morgan fingerprint density at radius 2 is 1.78 bits per heavy atom. The maximum Gasteiger partial charge on any atom is 0.356 e. The van der Waals surface area contributed by atoms with E-state index in [9.17, 15) is 9.59 Å². The van der Waals surface area contributed by atoms with Crippen molar-refractivity contribution in [3.63, 3.8) is 0 Å². The van der Waals surface area contributed by atoms with Gasteiger partial charge in [0, 0.05) is 17.6 Å². The summed E-state index contributed by atoms with van der Waals surface area (Å²) in [6, 6.07) is 7.99. The van der Waals surface area contributed by atoms with E-state index in [4.69, 9.17) is 5.11 Å². The molecule has 6 heteroatoms. The highest BCUT2D eigenvalue weighted by atomic mass is 16.4. The zero-order valence-electron chi connectivity index (χ0n) is 12.4. The summed E-state index contributed by atoms with van der Waals surface area (Å²) < 4.78 is 0. The van der Waals surface area contributed by atoms with Gasteiger partial charge in [0.2, 0.25) is 0 Å². The van der Waals surface area contributed by atoms with Crippen LogP contribution in [0.25, 0.3) is 0 Å². The van der Waals surface area contributed by atoms with Crippen molar-refractivity contribution >= 4 is 17.6 Å². The van der Waals surface area contributed by atoms with Crippen LogP contribution in [-0.4, -0.2) is 33.5 Å². The quantitative estimate of drug-likeness (QED) is 0.920. The van der Waals surface area contributed by atoms with Crippen LogP contribution < -0.4 is 4.90 Å². The second kappa shape index (κ2) is 4.87. The van der Waals surface area contributed by atoms with E-state index in [1.807, 2.05) is 18.2 Å². The number of aromatic carboxylic acids is 1. The molecule has 1 N–H and O–H groups in total. The summed E-state index contributed by atoms with van der Waals surface area (Å²) in [7, 11) is 0. The van der Waals surface area contributed by atoms with Crippen molar-refractivity contribution in [1.82, 2.24) is 9.97 Å². The Kier molecular flexibility index (Phi) is 2.94. The van der Waals surface area contributed by atoms with Crippen LogP contribution in [0, 0.1) is 0 Å². The lowest BCUT2D eigenvalue weighted by molar-refractivity contribution is 0.0689. The molecule has 0 unspecified atom stereocenters. The van der Waals surface area contributed by atoms with Crippen molar-refractivity contribution in [1.29, 1.82) is 0 Å². The standard InChI is InChI=1S/C17H15N3O3/c21-15(12-8-19-13(9-18-12)16(22)23)20-10-17(6-3-7-17)11-4-1-2-5-14(11)20/h1-2,4-5,8-9H,3,6-7,10H2,(H,22,23). The van der Waals surface area contributed by atoms with E-state index in [0.29, 0.717) is 6.54 Å². The van der Waals surface area contributed by atoms with Gasteiger partial charge in [-0.3, -0.25) is 4.79 Å². The Bertz CT molecular complexity index is 797. The number of nitrogens with zero attached hydrogens (tertiary/aromatic N) is 3. The predicted molar refractivity (Wildman–Crippen MR) is 82.6 cm³/mol. The Balaban J connectivity index is 1.68. The molecule has 0 radical (unpaired) electrons. The average Bonchev–Trinajstić information content (AvgIpc) is 2.90. The monoisotopic (exact) mass is 309 g/mol. The molecule has 116 valence electrons. The smallest absolute Gasteiger partial charge is 0.356 e. The number of fused-ring (bicyclic) bond motifs is 2. The number of hydrogen-bond acceptors (Lipinski definition) is 4. The molecule has 2 heterocycles. The third kappa shape index (κ3) is 2.02. The average molecular weight is 309 g/mol. The van der Waals surface area contributed by atoms with Gasteiger partial charge in [0.1, 0.15) is 5.69 Å². The van der Waals surface area contributed by atoms with Crippen molar-refractivity contribution in [2.45, 2.75) is 24.7 Å². The van der Waals surface area contributed by atoms with Crippen LogP contribution in [-0.2, 0) is 5.41 Å². The number of para-hydroxylation sites is 1. The van der Waals surface area contributed by atoms with E-state index < -0.39 is 5.97 Å². The van der Waals surface area contributed by atoms with Gasteiger partial charge in [0.25, 0.3) is 5.91 Å². The Morgan fingerprint density at radius 3 is 2.39 bits per heavy atom. The van der Waals surface area contributed by atoms with Gasteiger partial charge >= 0.3 is 5.97 Å². The van der Waals surface area contributed by atoms with Crippen molar-refractivity contribution in [3.05, 3.63) is 53.6 Å². The number of carbonyl (C=O) groups is 2. The molecular formula is C17H15N3O3.